The van der Waals surface area contributed by atoms with Gasteiger partial charge in [0.05, 0.1) is 18.0 Å². The summed E-state index contributed by atoms with van der Waals surface area (Å²) < 4.78 is 3.42. The van der Waals surface area contributed by atoms with Gasteiger partial charge in [0.15, 0.2) is 5.65 Å². The lowest BCUT2D eigenvalue weighted by atomic mass is 10.3. The van der Waals surface area contributed by atoms with Crippen LogP contribution >= 0.6 is 0 Å². The average Bonchev–Trinajstić information content (AvgIpc) is 3.14. The number of nitrogens with zero attached hydrogens (tertiary/aromatic N) is 6. The summed E-state index contributed by atoms with van der Waals surface area (Å²) in [6.07, 6.45) is 2.70. The maximum atomic E-state index is 7.40. The van der Waals surface area contributed by atoms with Crippen LogP contribution < -0.4 is 11.1 Å². The number of fused-ring (bicyclic) bond motifs is 1. The number of nitrogens with one attached hydrogen (secondary N) is 1. The van der Waals surface area contributed by atoms with Crippen molar-refractivity contribution in [1.82, 2.24) is 24.4 Å². The van der Waals surface area contributed by atoms with Gasteiger partial charge in [-0.05, 0) is 26.8 Å². The Balaban J connectivity index is 1.85. The van der Waals surface area contributed by atoms with Crippen LogP contribution in [0.5, 0.6) is 0 Å². The number of aromatic nitrogens is 5. The fourth-order valence-electron chi connectivity index (χ4n) is 2.53. The van der Waals surface area contributed by atoms with E-state index in [1.165, 1.54) is 4.52 Å². The lowest BCUT2D eigenvalue weighted by Crippen LogP contribution is -2.10. The first-order valence-corrected chi connectivity index (χ1v) is 7.84. The van der Waals surface area contributed by atoms with Crippen molar-refractivity contribution in [3.05, 3.63) is 40.6 Å². The van der Waals surface area contributed by atoms with E-state index in [4.69, 9.17) is 12.3 Å². The van der Waals surface area contributed by atoms with Gasteiger partial charge in [0.2, 0.25) is 0 Å². The highest BCUT2D eigenvalue weighted by molar-refractivity contribution is 5.80. The number of anilines is 2. The van der Waals surface area contributed by atoms with E-state index >= 15 is 0 Å². The molecule has 24 heavy (non-hydrogen) atoms. The molecule has 0 bridgehead atoms. The van der Waals surface area contributed by atoms with Crippen LogP contribution in [0.2, 0.25) is 0 Å². The van der Waals surface area contributed by atoms with E-state index < -0.39 is 0 Å². The molecule has 3 aromatic heterocycles. The molecule has 3 N–H and O–H groups in total. The third kappa shape index (κ3) is 2.65. The predicted octanol–water partition coefficient (Wildman–Crippen LogP) is 2.35. The Morgan fingerprint density at radius 2 is 2.12 bits per heavy atom. The summed E-state index contributed by atoms with van der Waals surface area (Å²) in [5.41, 5.74) is 9.89. The van der Waals surface area contributed by atoms with Gasteiger partial charge in [-0.3, -0.25) is 4.68 Å². The number of nitrogens with two attached hydrogens (primary N) is 1. The van der Waals surface area contributed by atoms with Crippen LogP contribution in [0.3, 0.4) is 0 Å². The minimum atomic E-state index is 0.295. The Kier molecular flexibility index (Phi) is 4.08. The lowest BCUT2D eigenvalue weighted by molar-refractivity contribution is 0.647. The van der Waals surface area contributed by atoms with Gasteiger partial charge in [-0.2, -0.15) is 10.2 Å². The van der Waals surface area contributed by atoms with Crippen LogP contribution in [0.25, 0.3) is 10.5 Å². The van der Waals surface area contributed by atoms with Gasteiger partial charge in [-0.25, -0.2) is 14.3 Å². The molecule has 0 aliphatic carbocycles. The van der Waals surface area contributed by atoms with Crippen molar-refractivity contribution < 1.29 is 0 Å². The summed E-state index contributed by atoms with van der Waals surface area (Å²) in [6.45, 7) is 14.8. The van der Waals surface area contributed by atoms with Crippen LogP contribution in [0, 0.1) is 20.4 Å². The zero-order chi connectivity index (χ0) is 17.3. The number of nitrogen functional groups attached to an aromatic ring is 1. The maximum absolute atomic E-state index is 7.40. The van der Waals surface area contributed by atoms with Gasteiger partial charge in [0.1, 0.15) is 11.6 Å². The first kappa shape index (κ1) is 15.8. The summed E-state index contributed by atoms with van der Waals surface area (Å²) in [4.78, 5) is 8.07. The molecule has 0 saturated heterocycles. The molecule has 0 atom stereocenters. The van der Waals surface area contributed by atoms with Crippen molar-refractivity contribution in [1.29, 1.82) is 0 Å². The Morgan fingerprint density at radius 3 is 2.79 bits per heavy atom. The molecular formula is C16H20N8. The van der Waals surface area contributed by atoms with E-state index in [1.807, 2.05) is 30.8 Å². The maximum Gasteiger partial charge on any atom is 0.268 e. The third-order valence-electron chi connectivity index (χ3n) is 4.05. The minimum absolute atomic E-state index is 0.295. The molecule has 0 fully saturated rings. The van der Waals surface area contributed by atoms with Crippen molar-refractivity contribution in [3.8, 4) is 0 Å². The molecule has 0 spiro atoms. The Bertz CT molecular complexity index is 928. The largest absolute Gasteiger partial charge is 0.392 e. The van der Waals surface area contributed by atoms with Crippen LogP contribution in [0.1, 0.15) is 23.9 Å². The van der Waals surface area contributed by atoms with Gasteiger partial charge in [0.25, 0.3) is 5.69 Å². The van der Waals surface area contributed by atoms with Gasteiger partial charge in [-0.1, -0.05) is 0 Å². The predicted molar refractivity (Wildman–Crippen MR) is 93.2 cm³/mol. The smallest absolute Gasteiger partial charge is 0.268 e. The van der Waals surface area contributed by atoms with Crippen molar-refractivity contribution in [2.45, 2.75) is 33.7 Å². The molecule has 3 aromatic rings. The van der Waals surface area contributed by atoms with E-state index in [2.05, 4.69) is 32.3 Å². The van der Waals surface area contributed by atoms with Crippen LogP contribution in [-0.4, -0.2) is 30.9 Å². The Hall–Kier alpha value is -3.08. The third-order valence-corrected chi connectivity index (χ3v) is 4.05. The van der Waals surface area contributed by atoms with E-state index in [-0.39, 0.29) is 0 Å². The van der Waals surface area contributed by atoms with Gasteiger partial charge in [-0.15, -0.1) is 0 Å². The summed E-state index contributed by atoms with van der Waals surface area (Å²) in [6, 6.07) is 2.00. The van der Waals surface area contributed by atoms with Crippen LogP contribution in [0.4, 0.5) is 17.3 Å². The normalized spacial score (nSPS) is 10.9. The van der Waals surface area contributed by atoms with Gasteiger partial charge >= 0.3 is 0 Å². The van der Waals surface area contributed by atoms with Crippen LogP contribution in [0.15, 0.2) is 12.3 Å². The highest BCUT2D eigenvalue weighted by Crippen LogP contribution is 2.32. The van der Waals surface area contributed by atoms with Crippen LogP contribution in [-0.2, 0) is 13.0 Å². The molecule has 8 nitrogen and oxygen atoms in total. The monoisotopic (exact) mass is 324 g/mol. The molecule has 3 rings (SSSR count). The Morgan fingerprint density at radius 1 is 1.33 bits per heavy atom. The van der Waals surface area contributed by atoms with Gasteiger partial charge in [0, 0.05) is 31.3 Å². The second-order valence-electron chi connectivity index (χ2n) is 5.59. The fraction of sp³-hybridized carbons (Fsp3) is 0.375. The zero-order valence-electron chi connectivity index (χ0n) is 14.0. The quantitative estimate of drug-likeness (QED) is 0.703. The number of hydrogen-bond donors (Lipinski definition) is 2. The van der Waals surface area contributed by atoms with Gasteiger partial charge < -0.3 is 11.1 Å². The summed E-state index contributed by atoms with van der Waals surface area (Å²) in [7, 11) is 0. The van der Waals surface area contributed by atoms with Crippen molar-refractivity contribution >= 4 is 23.0 Å². The zero-order valence-corrected chi connectivity index (χ0v) is 14.0. The van der Waals surface area contributed by atoms with E-state index in [9.17, 15) is 0 Å². The summed E-state index contributed by atoms with van der Waals surface area (Å²) in [5, 5.41) is 12.0. The first-order valence-electron chi connectivity index (χ1n) is 7.84. The second-order valence-corrected chi connectivity index (χ2v) is 5.59. The van der Waals surface area contributed by atoms with E-state index in [0.29, 0.717) is 29.5 Å². The molecule has 0 aromatic carbocycles. The standard InChI is InChI=1S/C16H20N8/c1-5-23-9-7-12(22-23)6-8-19-15-13(18-4)14(17)24-16(20-15)10(2)11(3)21-24/h7,9H,5-6,8,17H2,1-3H3,(H,19,20). The fourth-order valence-corrected chi connectivity index (χ4v) is 2.53. The molecule has 0 saturated carbocycles. The summed E-state index contributed by atoms with van der Waals surface area (Å²) in [5.74, 6) is 0.803. The highest BCUT2D eigenvalue weighted by atomic mass is 15.3. The van der Waals surface area contributed by atoms with Crippen molar-refractivity contribution in [2.24, 2.45) is 0 Å². The highest BCUT2D eigenvalue weighted by Gasteiger charge is 2.17. The SMILES string of the molecule is [C-]#[N+]c1c(NCCc2ccn(CC)n2)nc2c(C)c(C)nn2c1N. The molecule has 0 unspecified atom stereocenters. The molecule has 124 valence electrons. The first-order chi connectivity index (χ1) is 11.5. The molecule has 0 aliphatic rings. The lowest BCUT2D eigenvalue weighted by Gasteiger charge is -2.10. The van der Waals surface area contributed by atoms with Crippen molar-refractivity contribution in [2.75, 3.05) is 17.6 Å². The average molecular weight is 324 g/mol. The molecule has 0 aliphatic heterocycles. The molecule has 0 radical (unpaired) electrons. The second kappa shape index (κ2) is 6.20. The topological polar surface area (TPSA) is 90.4 Å². The molecular weight excluding hydrogens is 304 g/mol. The Labute approximate surface area is 140 Å². The number of aryl methyl sites for hydroxylation is 3. The van der Waals surface area contributed by atoms with Crippen molar-refractivity contribution in [3.63, 3.8) is 0 Å². The summed E-state index contributed by atoms with van der Waals surface area (Å²) >= 11 is 0. The van der Waals surface area contributed by atoms with E-state index in [0.717, 1.165) is 29.9 Å². The van der Waals surface area contributed by atoms with E-state index in [1.54, 1.807) is 0 Å². The number of hydrogen-bond acceptors (Lipinski definition) is 5. The minimum Gasteiger partial charge on any atom is -0.392 e. The molecule has 3 heterocycles. The molecule has 0 amide bonds. The molecule has 8 heteroatoms. The number of rotatable bonds is 5.